The highest BCUT2D eigenvalue weighted by atomic mass is 16.5. The third-order valence-corrected chi connectivity index (χ3v) is 3.06. The Kier molecular flexibility index (Phi) is 3.73. The van der Waals surface area contributed by atoms with Gasteiger partial charge in [0.05, 0.1) is 35.8 Å². The molecule has 1 unspecified atom stereocenters. The van der Waals surface area contributed by atoms with Crippen molar-refractivity contribution in [1.29, 1.82) is 0 Å². The predicted molar refractivity (Wildman–Crippen MR) is 69.4 cm³/mol. The van der Waals surface area contributed by atoms with Gasteiger partial charge in [0.2, 0.25) is 0 Å². The van der Waals surface area contributed by atoms with Gasteiger partial charge in [-0.05, 0) is 19.9 Å². The second-order valence-corrected chi connectivity index (χ2v) is 5.26. The lowest BCUT2D eigenvalue weighted by molar-refractivity contribution is -0.101. The summed E-state index contributed by atoms with van der Waals surface area (Å²) in [5.74, 6) is -0.984. The Morgan fingerprint density at radius 2 is 2.37 bits per heavy atom. The summed E-state index contributed by atoms with van der Waals surface area (Å²) in [6, 6.07) is 1.48. The Morgan fingerprint density at radius 1 is 1.63 bits per heavy atom. The molecule has 1 aromatic rings. The fourth-order valence-corrected chi connectivity index (χ4v) is 2.39. The first kappa shape index (κ1) is 13.8. The van der Waals surface area contributed by atoms with E-state index < -0.39 is 11.6 Å². The van der Waals surface area contributed by atoms with Gasteiger partial charge in [0, 0.05) is 19.3 Å². The number of carbonyl (C=O) groups is 1. The lowest BCUT2D eigenvalue weighted by Crippen LogP contribution is -2.54. The highest BCUT2D eigenvalue weighted by Gasteiger charge is 2.34. The van der Waals surface area contributed by atoms with E-state index in [-0.39, 0.29) is 18.3 Å². The van der Waals surface area contributed by atoms with Gasteiger partial charge in [-0.3, -0.25) is 4.98 Å². The molecule has 6 nitrogen and oxygen atoms in total. The number of rotatable bonds is 3. The van der Waals surface area contributed by atoms with Gasteiger partial charge in [0.25, 0.3) is 0 Å². The van der Waals surface area contributed by atoms with Crippen LogP contribution in [0.1, 0.15) is 24.2 Å². The van der Waals surface area contributed by atoms with Gasteiger partial charge in [-0.15, -0.1) is 0 Å². The van der Waals surface area contributed by atoms with Crippen molar-refractivity contribution in [1.82, 2.24) is 4.98 Å². The molecule has 0 radical (unpaired) electrons. The number of morpholine rings is 1. The molecule has 0 saturated carbocycles. The standard InChI is InChI=1S/C13H18N2O4/c1-13(2)8-15(6-9(7-16)19-13)11-5-14-4-3-10(11)12(17)18/h3-5,9,16H,6-8H2,1-2H3,(H,17,18). The van der Waals surface area contributed by atoms with Gasteiger partial charge in [0.1, 0.15) is 0 Å². The van der Waals surface area contributed by atoms with E-state index in [1.54, 1.807) is 6.20 Å². The monoisotopic (exact) mass is 266 g/mol. The average Bonchev–Trinajstić information content (AvgIpc) is 2.36. The number of aromatic nitrogens is 1. The quantitative estimate of drug-likeness (QED) is 0.840. The van der Waals surface area contributed by atoms with Crippen molar-refractivity contribution in [2.75, 3.05) is 24.6 Å². The van der Waals surface area contributed by atoms with Crippen molar-refractivity contribution in [3.8, 4) is 0 Å². The number of anilines is 1. The number of carboxylic acids is 1. The first-order valence-electron chi connectivity index (χ1n) is 6.14. The predicted octanol–water partition coefficient (Wildman–Crippen LogP) is 0.756. The number of ether oxygens (including phenoxy) is 1. The molecular weight excluding hydrogens is 248 g/mol. The van der Waals surface area contributed by atoms with Gasteiger partial charge >= 0.3 is 5.97 Å². The van der Waals surface area contributed by atoms with Crippen LogP contribution in [-0.4, -0.2) is 52.6 Å². The largest absolute Gasteiger partial charge is 0.478 e. The molecule has 19 heavy (non-hydrogen) atoms. The molecule has 0 spiro atoms. The normalized spacial score (nSPS) is 22.3. The number of carboxylic acid groups (broad SMARTS) is 1. The average molecular weight is 266 g/mol. The van der Waals surface area contributed by atoms with Crippen LogP contribution in [0.3, 0.4) is 0 Å². The molecule has 1 aliphatic rings. The van der Waals surface area contributed by atoms with E-state index in [4.69, 9.17) is 4.74 Å². The molecule has 6 heteroatoms. The summed E-state index contributed by atoms with van der Waals surface area (Å²) in [6.45, 7) is 4.74. The Morgan fingerprint density at radius 3 is 3.00 bits per heavy atom. The number of aromatic carboxylic acids is 1. The first-order chi connectivity index (χ1) is 8.93. The van der Waals surface area contributed by atoms with Crippen LogP contribution in [0.15, 0.2) is 18.5 Å². The van der Waals surface area contributed by atoms with E-state index in [2.05, 4.69) is 4.98 Å². The summed E-state index contributed by atoms with van der Waals surface area (Å²) in [7, 11) is 0. The second kappa shape index (κ2) is 5.14. The number of aliphatic hydroxyl groups is 1. The SMILES string of the molecule is CC1(C)CN(c2cnccc2C(=O)O)CC(CO)O1. The maximum atomic E-state index is 11.2. The van der Waals surface area contributed by atoms with Crippen LogP contribution in [0.4, 0.5) is 5.69 Å². The Balaban J connectivity index is 2.33. The molecule has 2 N–H and O–H groups in total. The number of aliphatic hydroxyl groups excluding tert-OH is 1. The minimum absolute atomic E-state index is 0.0946. The Labute approximate surface area is 111 Å². The summed E-state index contributed by atoms with van der Waals surface area (Å²) >= 11 is 0. The fourth-order valence-electron chi connectivity index (χ4n) is 2.39. The minimum Gasteiger partial charge on any atom is -0.478 e. The van der Waals surface area contributed by atoms with Crippen LogP contribution < -0.4 is 4.90 Å². The van der Waals surface area contributed by atoms with Gasteiger partial charge in [-0.25, -0.2) is 4.79 Å². The molecule has 2 rings (SSSR count). The van der Waals surface area contributed by atoms with E-state index in [1.165, 1.54) is 12.3 Å². The molecule has 0 amide bonds. The van der Waals surface area contributed by atoms with Crippen LogP contribution in [-0.2, 0) is 4.74 Å². The van der Waals surface area contributed by atoms with Gasteiger partial charge in [-0.2, -0.15) is 0 Å². The number of hydrogen-bond donors (Lipinski definition) is 2. The topological polar surface area (TPSA) is 82.9 Å². The summed E-state index contributed by atoms with van der Waals surface area (Å²) in [6.07, 6.45) is 2.67. The van der Waals surface area contributed by atoms with Crippen LogP contribution in [0.2, 0.25) is 0 Å². The van der Waals surface area contributed by atoms with E-state index in [0.717, 1.165) is 0 Å². The van der Waals surface area contributed by atoms with E-state index in [9.17, 15) is 15.0 Å². The summed E-state index contributed by atoms with van der Waals surface area (Å²) < 4.78 is 5.72. The first-order valence-corrected chi connectivity index (χ1v) is 6.14. The lowest BCUT2D eigenvalue weighted by atomic mass is 10.0. The zero-order chi connectivity index (χ0) is 14.0. The van der Waals surface area contributed by atoms with Crippen molar-refractivity contribution in [2.45, 2.75) is 25.6 Å². The molecule has 0 bridgehead atoms. The van der Waals surface area contributed by atoms with Gasteiger partial charge < -0.3 is 19.8 Å². The maximum absolute atomic E-state index is 11.2. The summed E-state index contributed by atoms with van der Waals surface area (Å²) in [4.78, 5) is 17.1. The summed E-state index contributed by atoms with van der Waals surface area (Å²) in [5, 5.41) is 18.5. The Hall–Kier alpha value is -1.66. The second-order valence-electron chi connectivity index (χ2n) is 5.26. The van der Waals surface area contributed by atoms with Crippen LogP contribution in [0.25, 0.3) is 0 Å². The molecule has 1 saturated heterocycles. The molecule has 1 atom stereocenters. The van der Waals surface area contributed by atoms with Gasteiger partial charge in [-0.1, -0.05) is 0 Å². The highest BCUT2D eigenvalue weighted by Crippen LogP contribution is 2.27. The van der Waals surface area contributed by atoms with Gasteiger partial charge in [0.15, 0.2) is 0 Å². The van der Waals surface area contributed by atoms with Crippen molar-refractivity contribution in [2.24, 2.45) is 0 Å². The zero-order valence-electron chi connectivity index (χ0n) is 11.0. The molecule has 1 aliphatic heterocycles. The van der Waals surface area contributed by atoms with Crippen molar-refractivity contribution in [3.05, 3.63) is 24.0 Å². The molecule has 1 fully saturated rings. The molecule has 2 heterocycles. The van der Waals surface area contributed by atoms with Crippen LogP contribution >= 0.6 is 0 Å². The van der Waals surface area contributed by atoms with Crippen molar-refractivity contribution < 1.29 is 19.7 Å². The number of nitrogens with zero attached hydrogens (tertiary/aromatic N) is 2. The molecule has 104 valence electrons. The third kappa shape index (κ3) is 3.02. The molecule has 0 aromatic carbocycles. The zero-order valence-corrected chi connectivity index (χ0v) is 11.0. The molecule has 1 aromatic heterocycles. The van der Waals surface area contributed by atoms with Crippen molar-refractivity contribution >= 4 is 11.7 Å². The molecule has 0 aliphatic carbocycles. The maximum Gasteiger partial charge on any atom is 0.337 e. The lowest BCUT2D eigenvalue weighted by Gasteiger charge is -2.43. The van der Waals surface area contributed by atoms with Crippen molar-refractivity contribution in [3.63, 3.8) is 0 Å². The Bertz CT molecular complexity index is 475. The summed E-state index contributed by atoms with van der Waals surface area (Å²) in [5.41, 5.74) is 0.325. The van der Waals surface area contributed by atoms with E-state index in [0.29, 0.717) is 18.8 Å². The van der Waals surface area contributed by atoms with Crippen LogP contribution in [0, 0.1) is 0 Å². The highest BCUT2D eigenvalue weighted by molar-refractivity contribution is 5.94. The van der Waals surface area contributed by atoms with E-state index >= 15 is 0 Å². The fraction of sp³-hybridized carbons (Fsp3) is 0.538. The number of pyridine rings is 1. The number of hydrogen-bond acceptors (Lipinski definition) is 5. The van der Waals surface area contributed by atoms with E-state index in [1.807, 2.05) is 18.7 Å². The molecular formula is C13H18N2O4. The minimum atomic E-state index is -0.984. The van der Waals surface area contributed by atoms with Crippen LogP contribution in [0.5, 0.6) is 0 Å². The third-order valence-electron chi connectivity index (χ3n) is 3.06. The smallest absolute Gasteiger partial charge is 0.337 e.